The summed E-state index contributed by atoms with van der Waals surface area (Å²) in [6.07, 6.45) is 8.74. The van der Waals surface area contributed by atoms with Gasteiger partial charge in [-0.2, -0.15) is 0 Å². The van der Waals surface area contributed by atoms with Crippen molar-refractivity contribution in [3.05, 3.63) is 40.8 Å². The monoisotopic (exact) mass is 373 g/mol. The van der Waals surface area contributed by atoms with Crippen molar-refractivity contribution in [1.82, 2.24) is 4.90 Å². The van der Waals surface area contributed by atoms with Gasteiger partial charge in [0.1, 0.15) is 11.9 Å². The van der Waals surface area contributed by atoms with Gasteiger partial charge in [-0.3, -0.25) is 0 Å². The lowest BCUT2D eigenvalue weighted by molar-refractivity contribution is 0.0658. The quantitative estimate of drug-likeness (QED) is 0.630. The van der Waals surface area contributed by atoms with Crippen LogP contribution in [0.15, 0.2) is 29.7 Å². The summed E-state index contributed by atoms with van der Waals surface area (Å²) in [7, 11) is 2.28. The molecule has 1 aromatic rings. The summed E-state index contributed by atoms with van der Waals surface area (Å²) in [4.78, 5) is 2.57. The van der Waals surface area contributed by atoms with Crippen LogP contribution in [0.3, 0.4) is 0 Å². The third-order valence-electron chi connectivity index (χ3n) is 6.16. The number of allylic oxidation sites excluding steroid dienone is 1. The Morgan fingerprint density at radius 3 is 2.69 bits per heavy atom. The lowest BCUT2D eigenvalue weighted by atomic mass is 9.95. The Morgan fingerprint density at radius 2 is 2.00 bits per heavy atom. The fraction of sp³-hybridized carbons (Fsp3) is 0.636. The van der Waals surface area contributed by atoms with Gasteiger partial charge >= 0.3 is 0 Å². The minimum absolute atomic E-state index is 0.362. The molecule has 4 rings (SSSR count). The molecule has 0 amide bonds. The van der Waals surface area contributed by atoms with Crippen molar-refractivity contribution >= 4 is 11.8 Å². The molecule has 0 radical (unpaired) electrons. The van der Waals surface area contributed by atoms with Gasteiger partial charge in [0.2, 0.25) is 0 Å². The van der Waals surface area contributed by atoms with Gasteiger partial charge in [0, 0.05) is 30.4 Å². The van der Waals surface area contributed by atoms with Crippen molar-refractivity contribution in [1.29, 1.82) is 0 Å². The Bertz CT molecular complexity index is 633. The zero-order valence-electron chi connectivity index (χ0n) is 16.0. The molecule has 3 aliphatic rings. The minimum Gasteiger partial charge on any atom is -0.490 e. The highest BCUT2D eigenvalue weighted by Crippen LogP contribution is 2.37. The summed E-state index contributed by atoms with van der Waals surface area (Å²) in [6.45, 7) is 3.66. The van der Waals surface area contributed by atoms with Crippen molar-refractivity contribution in [3.8, 4) is 5.75 Å². The topological polar surface area (TPSA) is 21.7 Å². The number of nitrogens with zero attached hydrogens (tertiary/aromatic N) is 1. The summed E-state index contributed by atoms with van der Waals surface area (Å²) >= 11 is 1.90. The number of ether oxygens (including phenoxy) is 2. The minimum atomic E-state index is 0.362. The molecule has 0 N–H and O–H groups in total. The molecule has 0 aliphatic carbocycles. The number of thioether (sulfide) groups is 1. The Kier molecular flexibility index (Phi) is 5.92. The molecular formula is C22H31NO2S. The van der Waals surface area contributed by atoms with Gasteiger partial charge in [0.25, 0.3) is 0 Å². The third-order valence-corrected chi connectivity index (χ3v) is 7.06. The maximum absolute atomic E-state index is 6.44. The molecule has 2 bridgehead atoms. The van der Waals surface area contributed by atoms with Crippen LogP contribution in [0.2, 0.25) is 0 Å². The molecule has 2 fully saturated rings. The average molecular weight is 374 g/mol. The third kappa shape index (κ3) is 3.97. The summed E-state index contributed by atoms with van der Waals surface area (Å²) in [5.41, 5.74) is 2.70. The summed E-state index contributed by atoms with van der Waals surface area (Å²) < 4.78 is 12.3. The van der Waals surface area contributed by atoms with Crippen LogP contribution in [0.1, 0.15) is 56.1 Å². The Balaban J connectivity index is 1.47. The highest BCUT2D eigenvalue weighted by molar-refractivity contribution is 8.02. The summed E-state index contributed by atoms with van der Waals surface area (Å²) in [5, 5.41) is 2.22. The lowest BCUT2D eigenvalue weighted by Gasteiger charge is -2.36. The summed E-state index contributed by atoms with van der Waals surface area (Å²) in [5.74, 6) is 2.67. The van der Waals surface area contributed by atoms with Crippen LogP contribution in [0, 0.1) is 0 Å². The average Bonchev–Trinajstić information content (AvgIpc) is 3.22. The predicted octanol–water partition coefficient (Wildman–Crippen LogP) is 4.96. The van der Waals surface area contributed by atoms with Crippen molar-refractivity contribution < 1.29 is 9.47 Å². The SMILES string of the molecule is CCCOCc1cc(O[C@H]2C[C@H]3CC[C@@H](C2)N3C)ccc1C1C=CSC1. The predicted molar refractivity (Wildman–Crippen MR) is 109 cm³/mol. The van der Waals surface area contributed by atoms with E-state index in [9.17, 15) is 0 Å². The van der Waals surface area contributed by atoms with Crippen LogP contribution in [0.4, 0.5) is 0 Å². The fourth-order valence-corrected chi connectivity index (χ4v) is 5.59. The molecule has 0 saturated carbocycles. The van der Waals surface area contributed by atoms with Crippen LogP contribution >= 0.6 is 11.8 Å². The zero-order valence-corrected chi connectivity index (χ0v) is 16.8. The molecule has 1 aromatic carbocycles. The molecule has 1 unspecified atom stereocenters. The molecule has 26 heavy (non-hydrogen) atoms. The molecule has 4 atom stereocenters. The van der Waals surface area contributed by atoms with Gasteiger partial charge in [-0.15, -0.1) is 11.8 Å². The fourth-order valence-electron chi connectivity index (χ4n) is 4.68. The van der Waals surface area contributed by atoms with Crippen LogP contribution < -0.4 is 4.74 Å². The van der Waals surface area contributed by atoms with E-state index in [0.29, 0.717) is 30.7 Å². The number of hydrogen-bond acceptors (Lipinski definition) is 4. The van der Waals surface area contributed by atoms with E-state index in [0.717, 1.165) is 24.5 Å². The van der Waals surface area contributed by atoms with E-state index in [-0.39, 0.29) is 0 Å². The Hall–Kier alpha value is -0.970. The van der Waals surface area contributed by atoms with Gasteiger partial charge in [-0.1, -0.05) is 19.1 Å². The van der Waals surface area contributed by atoms with Crippen LogP contribution in [0.5, 0.6) is 5.75 Å². The maximum atomic E-state index is 6.44. The molecule has 0 spiro atoms. The highest BCUT2D eigenvalue weighted by Gasteiger charge is 2.39. The van der Waals surface area contributed by atoms with Crippen molar-refractivity contribution in [3.63, 3.8) is 0 Å². The van der Waals surface area contributed by atoms with Gasteiger partial charge < -0.3 is 14.4 Å². The number of piperidine rings is 1. The molecule has 4 heteroatoms. The van der Waals surface area contributed by atoms with E-state index in [1.165, 1.54) is 36.8 Å². The first-order chi connectivity index (χ1) is 12.7. The van der Waals surface area contributed by atoms with Crippen molar-refractivity contribution in [2.45, 2.75) is 69.7 Å². The van der Waals surface area contributed by atoms with E-state index in [1.807, 2.05) is 11.8 Å². The van der Waals surface area contributed by atoms with Crippen LogP contribution in [-0.4, -0.2) is 42.5 Å². The van der Waals surface area contributed by atoms with Gasteiger partial charge in [-0.25, -0.2) is 0 Å². The van der Waals surface area contributed by atoms with Crippen molar-refractivity contribution in [2.75, 3.05) is 19.4 Å². The van der Waals surface area contributed by atoms with E-state index in [2.05, 4.69) is 48.6 Å². The van der Waals surface area contributed by atoms with E-state index >= 15 is 0 Å². The van der Waals surface area contributed by atoms with Crippen LogP contribution in [0.25, 0.3) is 0 Å². The van der Waals surface area contributed by atoms with Gasteiger partial charge in [-0.05, 0) is 67.8 Å². The van der Waals surface area contributed by atoms with Crippen LogP contribution in [-0.2, 0) is 11.3 Å². The second-order valence-corrected chi connectivity index (χ2v) is 8.88. The van der Waals surface area contributed by atoms with Crippen molar-refractivity contribution in [2.24, 2.45) is 0 Å². The normalized spacial score (nSPS) is 30.8. The largest absolute Gasteiger partial charge is 0.490 e. The first kappa shape index (κ1) is 18.4. The Labute approximate surface area is 162 Å². The number of hydrogen-bond donors (Lipinski definition) is 0. The summed E-state index contributed by atoms with van der Waals surface area (Å²) in [6, 6.07) is 8.11. The maximum Gasteiger partial charge on any atom is 0.120 e. The second-order valence-electron chi connectivity index (χ2n) is 7.94. The number of fused-ring (bicyclic) bond motifs is 2. The number of rotatable bonds is 7. The first-order valence-electron chi connectivity index (χ1n) is 10.1. The Morgan fingerprint density at radius 1 is 1.19 bits per heavy atom. The van der Waals surface area contributed by atoms with E-state index in [1.54, 1.807) is 0 Å². The number of benzene rings is 1. The van der Waals surface area contributed by atoms with E-state index in [4.69, 9.17) is 9.47 Å². The molecule has 2 saturated heterocycles. The molecule has 0 aromatic heterocycles. The molecule has 3 aliphatic heterocycles. The second kappa shape index (κ2) is 8.37. The lowest BCUT2D eigenvalue weighted by Crippen LogP contribution is -2.43. The first-order valence-corrected chi connectivity index (χ1v) is 11.2. The molecule has 3 nitrogen and oxygen atoms in total. The van der Waals surface area contributed by atoms with Gasteiger partial charge in [0.15, 0.2) is 0 Å². The van der Waals surface area contributed by atoms with Gasteiger partial charge in [0.05, 0.1) is 6.61 Å². The molecule has 142 valence electrons. The smallest absolute Gasteiger partial charge is 0.120 e. The molecular weight excluding hydrogens is 342 g/mol. The van der Waals surface area contributed by atoms with E-state index < -0.39 is 0 Å². The molecule has 3 heterocycles. The highest BCUT2D eigenvalue weighted by atomic mass is 32.2. The standard InChI is InChI=1S/C22H31NO2S/c1-3-9-24-14-17-11-20(6-7-22(17)16-8-10-26-15-16)25-21-12-18-4-5-19(13-21)23(18)2/h6-8,10-11,16,18-19,21H,3-5,9,12-15H2,1-2H3/t16?,18-,19+,21+. The zero-order chi connectivity index (χ0) is 17.9.